The molecule has 0 radical (unpaired) electrons. The molecule has 1 N–H and O–H groups in total. The first-order valence-electron chi connectivity index (χ1n) is 6.38. The molecule has 1 aromatic carbocycles. The van der Waals surface area contributed by atoms with Gasteiger partial charge < -0.3 is 5.32 Å². The van der Waals surface area contributed by atoms with E-state index in [1.54, 1.807) is 6.20 Å². The van der Waals surface area contributed by atoms with Crippen LogP contribution in [-0.2, 0) is 4.79 Å². The van der Waals surface area contributed by atoms with Gasteiger partial charge in [-0.1, -0.05) is 29.5 Å². The summed E-state index contributed by atoms with van der Waals surface area (Å²) in [4.78, 5) is 20.5. The van der Waals surface area contributed by atoms with Crippen LogP contribution in [0.5, 0.6) is 0 Å². The van der Waals surface area contributed by atoms with Gasteiger partial charge in [0.05, 0.1) is 5.25 Å². The van der Waals surface area contributed by atoms with E-state index >= 15 is 0 Å². The van der Waals surface area contributed by atoms with Crippen molar-refractivity contribution in [1.29, 1.82) is 0 Å². The molecule has 0 aliphatic carbocycles. The highest BCUT2D eigenvalue weighted by Gasteiger charge is 2.16. The van der Waals surface area contributed by atoms with Gasteiger partial charge in [-0.3, -0.25) is 4.79 Å². The van der Waals surface area contributed by atoms with Crippen molar-refractivity contribution in [3.63, 3.8) is 0 Å². The molecule has 0 aliphatic rings. The predicted octanol–water partition coefficient (Wildman–Crippen LogP) is 3.21. The summed E-state index contributed by atoms with van der Waals surface area (Å²) in [5.41, 5.74) is 2.87. The average molecular weight is 287 g/mol. The normalized spacial score (nSPS) is 11.9. The average Bonchev–Trinajstić information content (AvgIpc) is 2.41. The Morgan fingerprint density at radius 1 is 1.20 bits per heavy atom. The maximum atomic E-state index is 12.1. The van der Waals surface area contributed by atoms with E-state index in [1.807, 2.05) is 51.1 Å². The topological polar surface area (TPSA) is 54.9 Å². The summed E-state index contributed by atoms with van der Waals surface area (Å²) in [6.45, 7) is 5.77. The summed E-state index contributed by atoms with van der Waals surface area (Å²) < 4.78 is 0. The van der Waals surface area contributed by atoms with Crippen molar-refractivity contribution in [2.24, 2.45) is 0 Å². The van der Waals surface area contributed by atoms with Crippen LogP contribution in [0.15, 0.2) is 41.7 Å². The number of carbonyl (C=O) groups excluding carboxylic acids is 1. The van der Waals surface area contributed by atoms with Gasteiger partial charge in [-0.05, 0) is 39.0 Å². The Labute approximate surface area is 123 Å². The van der Waals surface area contributed by atoms with Gasteiger partial charge in [-0.2, -0.15) is 0 Å². The summed E-state index contributed by atoms with van der Waals surface area (Å²) in [6.07, 6.45) is 1.70. The zero-order chi connectivity index (χ0) is 14.5. The molecular formula is C15H17N3OS. The maximum absolute atomic E-state index is 12.1. The molecule has 4 nitrogen and oxygen atoms in total. The number of nitrogens with zero attached hydrogens (tertiary/aromatic N) is 2. The summed E-state index contributed by atoms with van der Waals surface area (Å²) >= 11 is 1.35. The molecular weight excluding hydrogens is 270 g/mol. The lowest BCUT2D eigenvalue weighted by Gasteiger charge is -2.11. The van der Waals surface area contributed by atoms with E-state index in [1.165, 1.54) is 17.3 Å². The number of aryl methyl sites for hydroxylation is 2. The van der Waals surface area contributed by atoms with E-state index in [0.29, 0.717) is 5.16 Å². The molecule has 20 heavy (non-hydrogen) atoms. The van der Waals surface area contributed by atoms with Crippen LogP contribution in [0.1, 0.15) is 18.2 Å². The molecule has 1 atom stereocenters. The molecule has 0 saturated carbocycles. The van der Waals surface area contributed by atoms with Crippen molar-refractivity contribution in [2.75, 3.05) is 5.32 Å². The molecule has 0 saturated heterocycles. The third-order valence-electron chi connectivity index (χ3n) is 2.74. The molecule has 0 fully saturated rings. The summed E-state index contributed by atoms with van der Waals surface area (Å²) in [5.74, 6) is -0.0519. The number of hydrogen-bond donors (Lipinski definition) is 1. The Balaban J connectivity index is 1.96. The fourth-order valence-corrected chi connectivity index (χ4v) is 2.38. The second-order valence-electron chi connectivity index (χ2n) is 4.60. The van der Waals surface area contributed by atoms with Crippen LogP contribution in [0.4, 0.5) is 5.69 Å². The molecule has 1 amide bonds. The van der Waals surface area contributed by atoms with E-state index < -0.39 is 0 Å². The first-order chi connectivity index (χ1) is 9.54. The lowest BCUT2D eigenvalue weighted by atomic mass is 10.2. The van der Waals surface area contributed by atoms with Crippen molar-refractivity contribution >= 4 is 23.4 Å². The van der Waals surface area contributed by atoms with Crippen molar-refractivity contribution < 1.29 is 4.79 Å². The third kappa shape index (κ3) is 4.06. The summed E-state index contributed by atoms with van der Waals surface area (Å²) in [7, 11) is 0. The van der Waals surface area contributed by atoms with E-state index in [-0.39, 0.29) is 11.2 Å². The number of carbonyl (C=O) groups is 1. The molecule has 2 rings (SSSR count). The number of amides is 1. The van der Waals surface area contributed by atoms with Gasteiger partial charge in [0.1, 0.15) is 0 Å². The number of benzene rings is 1. The standard InChI is InChI=1S/C15H17N3OS/c1-10-4-6-13(7-5-10)18-14(19)12(3)20-15-16-9-8-11(2)17-15/h4-9,12H,1-3H3,(H,18,19). The number of thioether (sulfide) groups is 1. The lowest BCUT2D eigenvalue weighted by Crippen LogP contribution is -2.22. The zero-order valence-electron chi connectivity index (χ0n) is 11.8. The molecule has 5 heteroatoms. The van der Waals surface area contributed by atoms with Gasteiger partial charge in [0.2, 0.25) is 5.91 Å². The number of rotatable bonds is 4. The minimum atomic E-state index is -0.252. The highest BCUT2D eigenvalue weighted by atomic mass is 32.2. The predicted molar refractivity (Wildman–Crippen MR) is 81.9 cm³/mol. The van der Waals surface area contributed by atoms with Crippen LogP contribution in [0.3, 0.4) is 0 Å². The number of anilines is 1. The van der Waals surface area contributed by atoms with E-state index in [9.17, 15) is 4.79 Å². The molecule has 104 valence electrons. The quantitative estimate of drug-likeness (QED) is 0.693. The Morgan fingerprint density at radius 3 is 2.55 bits per heavy atom. The van der Waals surface area contributed by atoms with Crippen LogP contribution >= 0.6 is 11.8 Å². The first kappa shape index (κ1) is 14.5. The monoisotopic (exact) mass is 287 g/mol. The Hall–Kier alpha value is -1.88. The fourth-order valence-electron chi connectivity index (χ4n) is 1.58. The highest BCUT2D eigenvalue weighted by molar-refractivity contribution is 8.00. The molecule has 1 heterocycles. The summed E-state index contributed by atoms with van der Waals surface area (Å²) in [6, 6.07) is 9.57. The second-order valence-corrected chi connectivity index (χ2v) is 5.90. The smallest absolute Gasteiger partial charge is 0.237 e. The van der Waals surface area contributed by atoms with Gasteiger partial charge >= 0.3 is 0 Å². The number of nitrogens with one attached hydrogen (secondary N) is 1. The Bertz CT molecular complexity index is 598. The number of hydrogen-bond acceptors (Lipinski definition) is 4. The van der Waals surface area contributed by atoms with Gasteiger partial charge in [0.15, 0.2) is 5.16 Å². The van der Waals surface area contributed by atoms with Crippen LogP contribution in [-0.4, -0.2) is 21.1 Å². The fraction of sp³-hybridized carbons (Fsp3) is 0.267. The second kappa shape index (κ2) is 6.52. The largest absolute Gasteiger partial charge is 0.325 e. The van der Waals surface area contributed by atoms with Crippen LogP contribution in [0, 0.1) is 13.8 Å². The van der Waals surface area contributed by atoms with Crippen molar-refractivity contribution in [2.45, 2.75) is 31.2 Å². The van der Waals surface area contributed by atoms with Gasteiger partial charge in [-0.25, -0.2) is 9.97 Å². The van der Waals surface area contributed by atoms with E-state index in [0.717, 1.165) is 11.4 Å². The Morgan fingerprint density at radius 2 is 1.90 bits per heavy atom. The molecule has 0 aliphatic heterocycles. The molecule has 1 aromatic heterocycles. The summed E-state index contributed by atoms with van der Waals surface area (Å²) in [5, 5.41) is 3.26. The zero-order valence-corrected chi connectivity index (χ0v) is 12.6. The molecule has 2 aromatic rings. The van der Waals surface area contributed by atoms with Crippen LogP contribution in [0.25, 0.3) is 0 Å². The molecule has 0 bridgehead atoms. The van der Waals surface area contributed by atoms with Crippen molar-refractivity contribution in [1.82, 2.24) is 9.97 Å². The molecule has 0 spiro atoms. The lowest BCUT2D eigenvalue weighted by molar-refractivity contribution is -0.115. The molecule has 1 unspecified atom stereocenters. The third-order valence-corrected chi connectivity index (χ3v) is 3.72. The Kier molecular flexibility index (Phi) is 4.74. The minimum absolute atomic E-state index is 0.0519. The highest BCUT2D eigenvalue weighted by Crippen LogP contribution is 2.20. The first-order valence-corrected chi connectivity index (χ1v) is 7.26. The van der Waals surface area contributed by atoms with E-state index in [2.05, 4.69) is 15.3 Å². The van der Waals surface area contributed by atoms with Gasteiger partial charge in [0, 0.05) is 17.6 Å². The van der Waals surface area contributed by atoms with Crippen molar-refractivity contribution in [3.8, 4) is 0 Å². The SMILES string of the molecule is Cc1ccc(NC(=O)C(C)Sc2nccc(C)n2)cc1. The van der Waals surface area contributed by atoms with Gasteiger partial charge in [-0.15, -0.1) is 0 Å². The van der Waals surface area contributed by atoms with Crippen molar-refractivity contribution in [3.05, 3.63) is 47.8 Å². The van der Waals surface area contributed by atoms with Crippen LogP contribution < -0.4 is 5.32 Å². The maximum Gasteiger partial charge on any atom is 0.237 e. The minimum Gasteiger partial charge on any atom is -0.325 e. The van der Waals surface area contributed by atoms with Gasteiger partial charge in [0.25, 0.3) is 0 Å². The van der Waals surface area contributed by atoms with Crippen LogP contribution in [0.2, 0.25) is 0 Å². The number of aromatic nitrogens is 2. The van der Waals surface area contributed by atoms with E-state index in [4.69, 9.17) is 0 Å².